The summed E-state index contributed by atoms with van der Waals surface area (Å²) in [5.41, 5.74) is 2.29. The van der Waals surface area contributed by atoms with Crippen LogP contribution in [0.5, 0.6) is 0 Å². The van der Waals surface area contributed by atoms with Crippen LogP contribution in [0.2, 0.25) is 0 Å². The van der Waals surface area contributed by atoms with Crippen LogP contribution in [0.25, 0.3) is 10.9 Å². The van der Waals surface area contributed by atoms with Crippen molar-refractivity contribution in [3.8, 4) is 0 Å². The van der Waals surface area contributed by atoms with Gasteiger partial charge in [0.05, 0.1) is 17.1 Å². The SMILES string of the molecule is Cc1cc(C(=O)N(C)C(C)c2ccon2)c2ccc(F)cc2n1. The highest BCUT2D eigenvalue weighted by Gasteiger charge is 2.23. The molecule has 2 heterocycles. The quantitative estimate of drug-likeness (QED) is 0.742. The first-order valence-corrected chi connectivity index (χ1v) is 7.21. The van der Waals surface area contributed by atoms with Gasteiger partial charge in [-0.2, -0.15) is 0 Å². The lowest BCUT2D eigenvalue weighted by molar-refractivity contribution is 0.0739. The Hall–Kier alpha value is -2.76. The van der Waals surface area contributed by atoms with E-state index in [1.165, 1.54) is 18.4 Å². The van der Waals surface area contributed by atoms with E-state index in [1.807, 2.05) is 6.92 Å². The van der Waals surface area contributed by atoms with Crippen LogP contribution in [0.15, 0.2) is 41.1 Å². The minimum atomic E-state index is -0.377. The summed E-state index contributed by atoms with van der Waals surface area (Å²) in [6, 6.07) is 7.44. The van der Waals surface area contributed by atoms with Crippen molar-refractivity contribution < 1.29 is 13.7 Å². The Morgan fingerprint density at radius 1 is 1.30 bits per heavy atom. The predicted octanol–water partition coefficient (Wildman–Crippen LogP) is 3.50. The van der Waals surface area contributed by atoms with Gasteiger partial charge in [-0.25, -0.2) is 4.39 Å². The van der Waals surface area contributed by atoms with E-state index in [9.17, 15) is 9.18 Å². The predicted molar refractivity (Wildman–Crippen MR) is 83.4 cm³/mol. The number of halogens is 1. The molecule has 1 atom stereocenters. The van der Waals surface area contributed by atoms with Gasteiger partial charge >= 0.3 is 0 Å². The number of hydrogen-bond donors (Lipinski definition) is 0. The Bertz CT molecular complexity index is 856. The third kappa shape index (κ3) is 2.79. The number of aryl methyl sites for hydroxylation is 1. The summed E-state index contributed by atoms with van der Waals surface area (Å²) in [7, 11) is 1.70. The molecule has 6 heteroatoms. The van der Waals surface area contributed by atoms with Crippen LogP contribution in [0.1, 0.15) is 34.7 Å². The summed E-state index contributed by atoms with van der Waals surface area (Å²) in [4.78, 5) is 18.8. The monoisotopic (exact) mass is 313 g/mol. The van der Waals surface area contributed by atoms with Crippen molar-refractivity contribution in [3.05, 3.63) is 59.4 Å². The molecule has 0 saturated carbocycles. The van der Waals surface area contributed by atoms with E-state index in [-0.39, 0.29) is 17.8 Å². The van der Waals surface area contributed by atoms with Crippen LogP contribution in [0.4, 0.5) is 4.39 Å². The Balaban J connectivity index is 2.03. The van der Waals surface area contributed by atoms with Crippen molar-refractivity contribution in [1.29, 1.82) is 0 Å². The molecule has 1 amide bonds. The molecule has 0 aliphatic rings. The first kappa shape index (κ1) is 15.1. The molecule has 0 spiro atoms. The first-order valence-electron chi connectivity index (χ1n) is 7.21. The maximum atomic E-state index is 13.4. The van der Waals surface area contributed by atoms with E-state index < -0.39 is 0 Å². The lowest BCUT2D eigenvalue weighted by Gasteiger charge is -2.24. The molecule has 3 rings (SSSR count). The largest absolute Gasteiger partial charge is 0.364 e. The van der Waals surface area contributed by atoms with Crippen LogP contribution in [0, 0.1) is 12.7 Å². The number of nitrogens with zero attached hydrogens (tertiary/aromatic N) is 3. The van der Waals surface area contributed by atoms with Gasteiger partial charge in [-0.05, 0) is 32.0 Å². The highest BCUT2D eigenvalue weighted by Crippen LogP contribution is 2.24. The van der Waals surface area contributed by atoms with Gasteiger partial charge in [-0.3, -0.25) is 9.78 Å². The van der Waals surface area contributed by atoms with Crippen molar-refractivity contribution in [2.45, 2.75) is 19.9 Å². The van der Waals surface area contributed by atoms with Crippen LogP contribution < -0.4 is 0 Å². The standard InChI is InChI=1S/C17H16FN3O2/c1-10-8-14(13-5-4-12(18)9-16(13)19-10)17(22)21(3)11(2)15-6-7-23-20-15/h4-9,11H,1-3H3. The summed E-state index contributed by atoms with van der Waals surface area (Å²) >= 11 is 0. The molecule has 23 heavy (non-hydrogen) atoms. The van der Waals surface area contributed by atoms with Gasteiger partial charge in [-0.15, -0.1) is 0 Å². The second-order valence-electron chi connectivity index (χ2n) is 5.49. The summed E-state index contributed by atoms with van der Waals surface area (Å²) in [6.45, 7) is 3.65. The average molecular weight is 313 g/mol. The molecule has 1 aromatic carbocycles. The maximum absolute atomic E-state index is 13.4. The van der Waals surface area contributed by atoms with Crippen LogP contribution in [0.3, 0.4) is 0 Å². The summed E-state index contributed by atoms with van der Waals surface area (Å²) in [5, 5.41) is 4.50. The number of carbonyl (C=O) groups is 1. The molecule has 0 N–H and O–H groups in total. The topological polar surface area (TPSA) is 59.2 Å². The van der Waals surface area contributed by atoms with Gasteiger partial charge in [0, 0.05) is 30.3 Å². The smallest absolute Gasteiger partial charge is 0.254 e. The number of pyridine rings is 1. The van der Waals surface area contributed by atoms with Crippen molar-refractivity contribution in [2.24, 2.45) is 0 Å². The Kier molecular flexibility index (Phi) is 3.82. The molecule has 0 fully saturated rings. The second kappa shape index (κ2) is 5.79. The lowest BCUT2D eigenvalue weighted by atomic mass is 10.1. The van der Waals surface area contributed by atoms with E-state index in [2.05, 4.69) is 10.1 Å². The zero-order chi connectivity index (χ0) is 16.6. The molecule has 0 radical (unpaired) electrons. The van der Waals surface area contributed by atoms with Crippen molar-refractivity contribution in [3.63, 3.8) is 0 Å². The van der Waals surface area contributed by atoms with Gasteiger partial charge in [0.1, 0.15) is 17.8 Å². The molecule has 0 bridgehead atoms. The number of rotatable bonds is 3. The number of amides is 1. The Morgan fingerprint density at radius 3 is 2.78 bits per heavy atom. The van der Waals surface area contributed by atoms with E-state index in [4.69, 9.17) is 4.52 Å². The van der Waals surface area contributed by atoms with E-state index >= 15 is 0 Å². The number of fused-ring (bicyclic) bond motifs is 1. The third-order valence-electron chi connectivity index (χ3n) is 3.92. The number of aromatic nitrogens is 2. The molecule has 0 saturated heterocycles. The third-order valence-corrected chi connectivity index (χ3v) is 3.92. The average Bonchev–Trinajstić information content (AvgIpc) is 3.05. The minimum absolute atomic E-state index is 0.178. The number of hydrogen-bond acceptors (Lipinski definition) is 4. The van der Waals surface area contributed by atoms with E-state index in [0.717, 1.165) is 0 Å². The summed E-state index contributed by atoms with van der Waals surface area (Å²) in [6.07, 6.45) is 1.47. The van der Waals surface area contributed by atoms with Gasteiger partial charge in [0.25, 0.3) is 5.91 Å². The Labute approximate surface area is 132 Å². The fraction of sp³-hybridized carbons (Fsp3) is 0.235. The minimum Gasteiger partial charge on any atom is -0.364 e. The van der Waals surface area contributed by atoms with E-state index in [1.54, 1.807) is 37.1 Å². The first-order chi connectivity index (χ1) is 11.0. The second-order valence-corrected chi connectivity index (χ2v) is 5.49. The normalized spacial score (nSPS) is 12.3. The lowest BCUT2D eigenvalue weighted by Crippen LogP contribution is -2.30. The van der Waals surface area contributed by atoms with Crippen LogP contribution >= 0.6 is 0 Å². The van der Waals surface area contributed by atoms with Gasteiger partial charge in [0.2, 0.25) is 0 Å². The fourth-order valence-electron chi connectivity index (χ4n) is 2.51. The molecule has 118 valence electrons. The van der Waals surface area contributed by atoms with Gasteiger partial charge in [-0.1, -0.05) is 5.16 Å². The molecular weight excluding hydrogens is 297 g/mol. The molecule has 2 aromatic heterocycles. The van der Waals surface area contributed by atoms with Gasteiger partial charge in [0.15, 0.2) is 0 Å². The molecule has 5 nitrogen and oxygen atoms in total. The summed E-state index contributed by atoms with van der Waals surface area (Å²) in [5.74, 6) is -0.555. The molecule has 3 aromatic rings. The van der Waals surface area contributed by atoms with Crippen LogP contribution in [-0.4, -0.2) is 28.0 Å². The van der Waals surface area contributed by atoms with Crippen LogP contribution in [-0.2, 0) is 0 Å². The summed E-state index contributed by atoms with van der Waals surface area (Å²) < 4.78 is 18.3. The zero-order valence-corrected chi connectivity index (χ0v) is 13.1. The number of carbonyl (C=O) groups excluding carboxylic acids is 1. The fourth-order valence-corrected chi connectivity index (χ4v) is 2.51. The molecule has 0 aliphatic carbocycles. The molecular formula is C17H16FN3O2. The van der Waals surface area contributed by atoms with Crippen molar-refractivity contribution >= 4 is 16.8 Å². The van der Waals surface area contributed by atoms with Crippen molar-refractivity contribution in [1.82, 2.24) is 15.0 Å². The zero-order valence-electron chi connectivity index (χ0n) is 13.1. The van der Waals surface area contributed by atoms with Crippen molar-refractivity contribution in [2.75, 3.05) is 7.05 Å². The van der Waals surface area contributed by atoms with E-state index in [0.29, 0.717) is 27.9 Å². The number of benzene rings is 1. The maximum Gasteiger partial charge on any atom is 0.254 e. The Morgan fingerprint density at radius 2 is 2.09 bits per heavy atom. The molecule has 1 unspecified atom stereocenters. The highest BCUT2D eigenvalue weighted by atomic mass is 19.1. The van der Waals surface area contributed by atoms with Gasteiger partial charge < -0.3 is 9.42 Å². The molecule has 0 aliphatic heterocycles. The highest BCUT2D eigenvalue weighted by molar-refractivity contribution is 6.06.